The molecule has 2 aliphatic heterocycles. The van der Waals surface area contributed by atoms with Crippen LogP contribution in [0.1, 0.15) is 24.5 Å². The monoisotopic (exact) mass is 560 g/mol. The fourth-order valence-corrected chi connectivity index (χ4v) is 5.37. The summed E-state index contributed by atoms with van der Waals surface area (Å²) in [5.41, 5.74) is 1.56. The molecule has 2 unspecified atom stereocenters. The van der Waals surface area contributed by atoms with Crippen LogP contribution in [0.15, 0.2) is 47.4 Å². The zero-order valence-corrected chi connectivity index (χ0v) is 22.1. The Morgan fingerprint density at radius 3 is 2.57 bits per heavy atom. The van der Waals surface area contributed by atoms with Gasteiger partial charge in [0, 0.05) is 5.02 Å². The standard InChI is InChI=1S/C25H21ClN2O7S2/c1-13(24(32)33)27-21(29)11-17(22(27)30)28-23(31)20(37-25(28)36)10-15-5-8-18(19(9-15)34-2)35-12-14-3-6-16(26)7-4-14/h3-10,13,17H,11-12H2,1-2H3,(H,32,33)/b20-10-. The van der Waals surface area contributed by atoms with E-state index in [4.69, 9.17) is 33.3 Å². The maximum Gasteiger partial charge on any atom is 0.326 e. The third kappa shape index (κ3) is 5.48. The molecule has 2 aromatic rings. The molecule has 0 spiro atoms. The average Bonchev–Trinajstić information content (AvgIpc) is 3.31. The first-order chi connectivity index (χ1) is 17.6. The van der Waals surface area contributed by atoms with E-state index in [1.165, 1.54) is 14.0 Å². The Bertz CT molecular complexity index is 1330. The van der Waals surface area contributed by atoms with Gasteiger partial charge in [-0.15, -0.1) is 0 Å². The van der Waals surface area contributed by atoms with Crippen LogP contribution in [0.5, 0.6) is 11.5 Å². The Morgan fingerprint density at radius 1 is 1.22 bits per heavy atom. The van der Waals surface area contributed by atoms with Gasteiger partial charge in [0.25, 0.3) is 11.8 Å². The van der Waals surface area contributed by atoms with Crippen molar-refractivity contribution >= 4 is 69.7 Å². The van der Waals surface area contributed by atoms with Gasteiger partial charge in [0.05, 0.1) is 18.4 Å². The minimum absolute atomic E-state index is 0.113. The molecule has 0 bridgehead atoms. The van der Waals surface area contributed by atoms with Crippen LogP contribution in [0.4, 0.5) is 0 Å². The smallest absolute Gasteiger partial charge is 0.326 e. The molecular formula is C25H21ClN2O7S2. The van der Waals surface area contributed by atoms with Crippen LogP contribution < -0.4 is 9.47 Å². The Labute approximate surface area is 227 Å². The zero-order chi connectivity index (χ0) is 26.9. The van der Waals surface area contributed by atoms with Gasteiger partial charge in [0.2, 0.25) is 5.91 Å². The van der Waals surface area contributed by atoms with E-state index in [0.29, 0.717) is 33.6 Å². The number of benzene rings is 2. The lowest BCUT2D eigenvalue weighted by atomic mass is 10.1. The fraction of sp³-hybridized carbons (Fsp3) is 0.240. The number of carbonyl (C=O) groups is 4. The lowest BCUT2D eigenvalue weighted by Gasteiger charge is -2.23. The first-order valence-corrected chi connectivity index (χ1v) is 12.6. The Hall–Kier alpha value is -3.41. The first kappa shape index (κ1) is 26.6. The van der Waals surface area contributed by atoms with Crippen LogP contribution in [0.25, 0.3) is 6.08 Å². The number of carboxylic acids is 1. The number of imide groups is 1. The highest BCUT2D eigenvalue weighted by molar-refractivity contribution is 8.26. The van der Waals surface area contributed by atoms with E-state index < -0.39 is 35.8 Å². The lowest BCUT2D eigenvalue weighted by molar-refractivity contribution is -0.154. The van der Waals surface area contributed by atoms with Crippen LogP contribution in [0, 0.1) is 0 Å². The molecule has 37 heavy (non-hydrogen) atoms. The van der Waals surface area contributed by atoms with Crippen molar-refractivity contribution in [3.05, 3.63) is 63.5 Å². The fourth-order valence-electron chi connectivity index (χ4n) is 3.89. The van der Waals surface area contributed by atoms with Crippen LogP contribution in [-0.2, 0) is 25.8 Å². The number of nitrogens with zero attached hydrogens (tertiary/aromatic N) is 2. The highest BCUT2D eigenvalue weighted by Gasteiger charge is 2.50. The number of hydrogen-bond acceptors (Lipinski definition) is 8. The van der Waals surface area contributed by atoms with Gasteiger partial charge in [-0.2, -0.15) is 0 Å². The molecule has 4 rings (SSSR count). The SMILES string of the molecule is COc1cc(/C=C2\SC(=S)N(C3CC(=O)N(C(C)C(=O)O)C3=O)C2=O)ccc1OCc1ccc(Cl)cc1. The van der Waals surface area contributed by atoms with Crippen molar-refractivity contribution in [2.45, 2.75) is 32.0 Å². The van der Waals surface area contributed by atoms with E-state index >= 15 is 0 Å². The number of rotatable bonds is 8. The Kier molecular flexibility index (Phi) is 7.86. The van der Waals surface area contributed by atoms with E-state index in [-0.39, 0.29) is 15.6 Å². The molecule has 2 aliphatic rings. The van der Waals surface area contributed by atoms with Crippen LogP contribution in [0.3, 0.4) is 0 Å². The largest absolute Gasteiger partial charge is 0.493 e. The van der Waals surface area contributed by atoms with Gasteiger partial charge in [-0.1, -0.05) is 53.8 Å². The number of methoxy groups -OCH3 is 1. The highest BCUT2D eigenvalue weighted by atomic mass is 35.5. The third-order valence-electron chi connectivity index (χ3n) is 5.83. The summed E-state index contributed by atoms with van der Waals surface area (Å²) >= 11 is 12.2. The van der Waals surface area contributed by atoms with E-state index in [0.717, 1.165) is 22.2 Å². The van der Waals surface area contributed by atoms with Crippen molar-refractivity contribution < 1.29 is 33.8 Å². The van der Waals surface area contributed by atoms with Gasteiger partial charge in [-0.05, 0) is 48.4 Å². The summed E-state index contributed by atoms with van der Waals surface area (Å²) in [4.78, 5) is 51.7. The molecular weight excluding hydrogens is 540 g/mol. The van der Waals surface area contributed by atoms with Crippen molar-refractivity contribution in [1.82, 2.24) is 9.80 Å². The second-order valence-corrected chi connectivity index (χ2v) is 10.3. The van der Waals surface area contributed by atoms with Gasteiger partial charge >= 0.3 is 5.97 Å². The molecule has 9 nitrogen and oxygen atoms in total. The summed E-state index contributed by atoms with van der Waals surface area (Å²) < 4.78 is 11.4. The summed E-state index contributed by atoms with van der Waals surface area (Å²) in [6.45, 7) is 1.54. The van der Waals surface area contributed by atoms with E-state index in [1.54, 1.807) is 36.4 Å². The van der Waals surface area contributed by atoms with Gasteiger partial charge in [-0.25, -0.2) is 4.79 Å². The molecule has 2 aromatic carbocycles. The van der Waals surface area contributed by atoms with E-state index in [1.807, 2.05) is 12.1 Å². The Morgan fingerprint density at radius 2 is 1.92 bits per heavy atom. The van der Waals surface area contributed by atoms with Crippen molar-refractivity contribution in [3.63, 3.8) is 0 Å². The minimum atomic E-state index is -1.34. The van der Waals surface area contributed by atoms with Crippen molar-refractivity contribution in [2.75, 3.05) is 7.11 Å². The van der Waals surface area contributed by atoms with E-state index in [9.17, 15) is 24.3 Å². The second-order valence-electron chi connectivity index (χ2n) is 8.21. The number of amides is 3. The maximum absolute atomic E-state index is 13.2. The van der Waals surface area contributed by atoms with E-state index in [2.05, 4.69) is 0 Å². The normalized spacial score (nSPS) is 19.6. The molecule has 12 heteroatoms. The number of carboxylic acid groups (broad SMARTS) is 1. The number of thiocarbonyl (C=S) groups is 1. The average molecular weight is 561 g/mol. The predicted octanol–water partition coefficient (Wildman–Crippen LogP) is 3.73. The molecule has 0 saturated carbocycles. The molecule has 2 fully saturated rings. The molecule has 2 heterocycles. The summed E-state index contributed by atoms with van der Waals surface area (Å²) in [6, 6.07) is 9.90. The summed E-state index contributed by atoms with van der Waals surface area (Å²) in [5.74, 6) is -2.32. The molecule has 3 amide bonds. The van der Waals surface area contributed by atoms with Crippen LogP contribution in [-0.4, -0.2) is 62.1 Å². The number of carbonyl (C=O) groups excluding carboxylic acids is 3. The summed E-state index contributed by atoms with van der Waals surface area (Å²) in [5, 5.41) is 9.85. The molecule has 0 aliphatic carbocycles. The number of halogens is 1. The molecule has 0 radical (unpaired) electrons. The number of ether oxygens (including phenoxy) is 2. The number of thioether (sulfide) groups is 1. The molecule has 192 valence electrons. The Balaban J connectivity index is 1.51. The lowest BCUT2D eigenvalue weighted by Crippen LogP contribution is -2.48. The highest BCUT2D eigenvalue weighted by Crippen LogP contribution is 2.38. The summed E-state index contributed by atoms with van der Waals surface area (Å²) in [7, 11) is 1.50. The predicted molar refractivity (Wildman–Crippen MR) is 141 cm³/mol. The molecule has 2 atom stereocenters. The van der Waals surface area contributed by atoms with Crippen LogP contribution in [0.2, 0.25) is 5.02 Å². The summed E-state index contributed by atoms with van der Waals surface area (Å²) in [6.07, 6.45) is 1.27. The molecule has 2 saturated heterocycles. The maximum atomic E-state index is 13.2. The third-order valence-corrected chi connectivity index (χ3v) is 7.41. The quantitative estimate of drug-likeness (QED) is 0.293. The van der Waals surface area contributed by atoms with Gasteiger partial charge < -0.3 is 14.6 Å². The van der Waals surface area contributed by atoms with Crippen molar-refractivity contribution in [1.29, 1.82) is 0 Å². The molecule has 1 N–H and O–H groups in total. The van der Waals surface area contributed by atoms with Gasteiger partial charge in [0.1, 0.15) is 23.0 Å². The number of likely N-dealkylation sites (tertiary alicyclic amines) is 1. The van der Waals surface area contributed by atoms with Crippen LogP contribution >= 0.6 is 35.6 Å². The zero-order valence-electron chi connectivity index (χ0n) is 19.7. The van der Waals surface area contributed by atoms with Crippen molar-refractivity contribution in [3.8, 4) is 11.5 Å². The molecule has 0 aromatic heterocycles. The van der Waals surface area contributed by atoms with Gasteiger partial charge in [0.15, 0.2) is 11.5 Å². The first-order valence-electron chi connectivity index (χ1n) is 11.0. The topological polar surface area (TPSA) is 113 Å². The number of hydrogen-bond donors (Lipinski definition) is 1. The number of aliphatic carboxylic acids is 1. The minimum Gasteiger partial charge on any atom is -0.493 e. The second kappa shape index (κ2) is 10.9. The van der Waals surface area contributed by atoms with Crippen molar-refractivity contribution in [2.24, 2.45) is 0 Å². The van der Waals surface area contributed by atoms with Gasteiger partial charge in [-0.3, -0.25) is 24.2 Å².